The van der Waals surface area contributed by atoms with Gasteiger partial charge in [-0.25, -0.2) is 0 Å². The molecule has 1 unspecified atom stereocenters. The molecule has 26 heavy (non-hydrogen) atoms. The summed E-state index contributed by atoms with van der Waals surface area (Å²) in [6, 6.07) is 5.77. The van der Waals surface area contributed by atoms with E-state index in [0.717, 1.165) is 30.9 Å². The molecule has 0 radical (unpaired) electrons. The van der Waals surface area contributed by atoms with E-state index < -0.39 is 11.7 Å². The summed E-state index contributed by atoms with van der Waals surface area (Å²) in [5.41, 5.74) is -0.127. The Morgan fingerprint density at radius 2 is 2.04 bits per heavy atom. The first-order chi connectivity index (χ1) is 11.8. The number of rotatable bonds is 6. The molecule has 1 aliphatic carbocycles. The number of methoxy groups -OCH3 is 1. The normalized spacial score (nSPS) is 17.7. The zero-order valence-corrected chi connectivity index (χ0v) is 17.7. The lowest BCUT2D eigenvalue weighted by molar-refractivity contribution is -0.137. The number of halogens is 4. The Morgan fingerprint density at radius 3 is 2.54 bits per heavy atom. The van der Waals surface area contributed by atoms with Crippen LogP contribution in [0.5, 0.6) is 0 Å². The van der Waals surface area contributed by atoms with Gasteiger partial charge in [0.05, 0.1) is 12.2 Å². The monoisotopic (exact) mass is 485 g/mol. The molecule has 0 aromatic heterocycles. The fraction of sp³-hybridized carbons (Fsp3) is 0.611. The SMILES string of the molecule is CN=C(NCC1(c2cccc(C(F)(F)F)c2)CCC1)NC(C)COC.I. The Balaban J connectivity index is 0.00000338. The third-order valence-corrected chi connectivity index (χ3v) is 4.73. The first-order valence-electron chi connectivity index (χ1n) is 8.44. The molecular weight excluding hydrogens is 458 g/mol. The molecule has 1 aromatic carbocycles. The number of hydrogen-bond donors (Lipinski definition) is 2. The van der Waals surface area contributed by atoms with Crippen LogP contribution in [0.4, 0.5) is 13.2 Å². The van der Waals surface area contributed by atoms with Gasteiger partial charge in [0.15, 0.2) is 5.96 Å². The van der Waals surface area contributed by atoms with Crippen molar-refractivity contribution in [3.8, 4) is 0 Å². The molecule has 4 nitrogen and oxygen atoms in total. The highest BCUT2D eigenvalue weighted by Crippen LogP contribution is 2.44. The molecule has 0 saturated heterocycles. The van der Waals surface area contributed by atoms with Gasteiger partial charge in [-0.2, -0.15) is 13.2 Å². The standard InChI is InChI=1S/C18H26F3N3O.HI/c1-13(11-25-3)24-16(22-2)23-12-17(8-5-9-17)14-6-4-7-15(10-14)18(19,20)21;/h4,6-7,10,13H,5,8-9,11-12H2,1-3H3,(H2,22,23,24);1H. The second-order valence-corrected chi connectivity index (χ2v) is 6.64. The molecular formula is C18H27F3IN3O. The third kappa shape index (κ3) is 5.73. The first kappa shape index (κ1) is 23.0. The second-order valence-electron chi connectivity index (χ2n) is 6.64. The Hall–Kier alpha value is -1.03. The van der Waals surface area contributed by atoms with Gasteiger partial charge >= 0.3 is 6.18 Å². The van der Waals surface area contributed by atoms with E-state index in [2.05, 4.69) is 15.6 Å². The number of benzene rings is 1. The van der Waals surface area contributed by atoms with Crippen molar-refractivity contribution in [1.29, 1.82) is 0 Å². The van der Waals surface area contributed by atoms with E-state index >= 15 is 0 Å². The molecule has 1 aliphatic rings. The van der Waals surface area contributed by atoms with Gasteiger partial charge < -0.3 is 15.4 Å². The lowest BCUT2D eigenvalue weighted by Gasteiger charge is -2.43. The van der Waals surface area contributed by atoms with E-state index in [1.165, 1.54) is 12.1 Å². The van der Waals surface area contributed by atoms with Gasteiger partial charge in [0.2, 0.25) is 0 Å². The lowest BCUT2D eigenvalue weighted by atomic mass is 9.64. The maximum atomic E-state index is 13.0. The molecule has 0 aliphatic heterocycles. The number of nitrogens with zero attached hydrogens (tertiary/aromatic N) is 1. The fourth-order valence-corrected chi connectivity index (χ4v) is 3.17. The predicted octanol–water partition coefficient (Wildman–Crippen LogP) is 3.95. The quantitative estimate of drug-likeness (QED) is 0.365. The van der Waals surface area contributed by atoms with Crippen LogP contribution in [0.2, 0.25) is 0 Å². The number of ether oxygens (including phenoxy) is 1. The van der Waals surface area contributed by atoms with Crippen LogP contribution in [0.1, 0.15) is 37.3 Å². The largest absolute Gasteiger partial charge is 0.416 e. The minimum Gasteiger partial charge on any atom is -0.383 e. The zero-order valence-electron chi connectivity index (χ0n) is 15.3. The minimum atomic E-state index is -4.32. The average Bonchev–Trinajstić information content (AvgIpc) is 2.52. The molecule has 1 saturated carbocycles. The van der Waals surface area contributed by atoms with E-state index in [0.29, 0.717) is 19.1 Å². The van der Waals surface area contributed by atoms with Crippen LogP contribution in [0.15, 0.2) is 29.3 Å². The number of nitrogens with one attached hydrogen (secondary N) is 2. The zero-order chi connectivity index (χ0) is 18.5. The molecule has 148 valence electrons. The van der Waals surface area contributed by atoms with Crippen molar-refractivity contribution in [2.24, 2.45) is 4.99 Å². The number of guanidine groups is 1. The van der Waals surface area contributed by atoms with Crippen LogP contribution < -0.4 is 10.6 Å². The average molecular weight is 485 g/mol. The molecule has 1 atom stereocenters. The van der Waals surface area contributed by atoms with E-state index in [9.17, 15) is 13.2 Å². The second kappa shape index (κ2) is 9.77. The summed E-state index contributed by atoms with van der Waals surface area (Å²) >= 11 is 0. The fourth-order valence-electron chi connectivity index (χ4n) is 3.17. The van der Waals surface area contributed by atoms with Gasteiger partial charge in [-0.05, 0) is 31.4 Å². The Morgan fingerprint density at radius 1 is 1.35 bits per heavy atom. The van der Waals surface area contributed by atoms with Crippen molar-refractivity contribution >= 4 is 29.9 Å². The summed E-state index contributed by atoms with van der Waals surface area (Å²) in [7, 11) is 3.30. The predicted molar refractivity (Wildman–Crippen MR) is 108 cm³/mol. The molecule has 0 bridgehead atoms. The molecule has 0 amide bonds. The summed E-state index contributed by atoms with van der Waals surface area (Å²) in [6.07, 6.45) is -1.57. The highest BCUT2D eigenvalue weighted by molar-refractivity contribution is 14.0. The van der Waals surface area contributed by atoms with Gasteiger partial charge in [-0.3, -0.25) is 4.99 Å². The first-order valence-corrected chi connectivity index (χ1v) is 8.44. The molecule has 0 spiro atoms. The van der Waals surface area contributed by atoms with Gasteiger partial charge in [-0.15, -0.1) is 24.0 Å². The maximum absolute atomic E-state index is 13.0. The van der Waals surface area contributed by atoms with Crippen molar-refractivity contribution in [2.45, 2.75) is 43.8 Å². The number of alkyl halides is 3. The molecule has 0 heterocycles. The van der Waals surface area contributed by atoms with Gasteiger partial charge in [-0.1, -0.05) is 24.6 Å². The van der Waals surface area contributed by atoms with E-state index in [1.54, 1.807) is 20.2 Å². The van der Waals surface area contributed by atoms with Crippen LogP contribution in [0.25, 0.3) is 0 Å². The van der Waals surface area contributed by atoms with Crippen LogP contribution in [-0.2, 0) is 16.3 Å². The van der Waals surface area contributed by atoms with Crippen LogP contribution in [0, 0.1) is 0 Å². The Labute approximate surface area is 170 Å². The van der Waals surface area contributed by atoms with E-state index in [4.69, 9.17) is 4.74 Å². The maximum Gasteiger partial charge on any atom is 0.416 e. The highest BCUT2D eigenvalue weighted by Gasteiger charge is 2.40. The van der Waals surface area contributed by atoms with Crippen molar-refractivity contribution in [3.05, 3.63) is 35.4 Å². The van der Waals surface area contributed by atoms with Crippen molar-refractivity contribution in [2.75, 3.05) is 27.3 Å². The lowest BCUT2D eigenvalue weighted by Crippen LogP contribution is -2.51. The Bertz CT molecular complexity index is 604. The molecule has 1 fully saturated rings. The van der Waals surface area contributed by atoms with E-state index in [1.807, 2.05) is 6.92 Å². The van der Waals surface area contributed by atoms with Crippen molar-refractivity contribution < 1.29 is 17.9 Å². The number of aliphatic imine (C=N–C) groups is 1. The highest BCUT2D eigenvalue weighted by atomic mass is 127. The van der Waals surface area contributed by atoms with Gasteiger partial charge in [0, 0.05) is 32.2 Å². The summed E-state index contributed by atoms with van der Waals surface area (Å²) in [5, 5.41) is 6.47. The summed E-state index contributed by atoms with van der Waals surface area (Å²) in [5.74, 6) is 0.628. The van der Waals surface area contributed by atoms with Gasteiger partial charge in [0.25, 0.3) is 0 Å². The van der Waals surface area contributed by atoms with Crippen LogP contribution in [-0.4, -0.2) is 39.3 Å². The molecule has 2 rings (SSSR count). The van der Waals surface area contributed by atoms with Gasteiger partial charge in [0.1, 0.15) is 0 Å². The van der Waals surface area contributed by atoms with Crippen molar-refractivity contribution in [1.82, 2.24) is 10.6 Å². The minimum absolute atomic E-state index is 0. The van der Waals surface area contributed by atoms with Crippen LogP contribution in [0.3, 0.4) is 0 Å². The topological polar surface area (TPSA) is 45.7 Å². The van der Waals surface area contributed by atoms with E-state index in [-0.39, 0.29) is 35.4 Å². The summed E-state index contributed by atoms with van der Waals surface area (Å²) < 4.78 is 44.1. The van der Waals surface area contributed by atoms with Crippen LogP contribution >= 0.6 is 24.0 Å². The third-order valence-electron chi connectivity index (χ3n) is 4.73. The Kier molecular flexibility index (Phi) is 8.65. The summed E-state index contributed by atoms with van der Waals surface area (Å²) in [6.45, 7) is 3.06. The number of hydrogen-bond acceptors (Lipinski definition) is 2. The molecule has 2 N–H and O–H groups in total. The molecule has 1 aromatic rings. The molecule has 8 heteroatoms. The smallest absolute Gasteiger partial charge is 0.383 e. The van der Waals surface area contributed by atoms with Crippen molar-refractivity contribution in [3.63, 3.8) is 0 Å². The summed E-state index contributed by atoms with van der Waals surface area (Å²) in [4.78, 5) is 4.18.